The monoisotopic (exact) mass is 328 g/mol. The Balaban J connectivity index is 0.000000891. The third kappa shape index (κ3) is 6.83. The van der Waals surface area contributed by atoms with Gasteiger partial charge in [0.05, 0.1) is 0 Å². The van der Waals surface area contributed by atoms with Gasteiger partial charge in [-0.05, 0) is 49.1 Å². The van der Waals surface area contributed by atoms with Gasteiger partial charge in [-0.3, -0.25) is 0 Å². The van der Waals surface area contributed by atoms with Gasteiger partial charge in [0.25, 0.3) is 0 Å². The van der Waals surface area contributed by atoms with Crippen LogP contribution in [0.25, 0.3) is 0 Å². The summed E-state index contributed by atoms with van der Waals surface area (Å²) in [6.07, 6.45) is 11.7. The minimum atomic E-state index is 0.653. The van der Waals surface area contributed by atoms with E-state index >= 15 is 0 Å². The van der Waals surface area contributed by atoms with Crippen LogP contribution in [0.2, 0.25) is 0 Å². The summed E-state index contributed by atoms with van der Waals surface area (Å²) in [5.74, 6) is 2.11. The summed E-state index contributed by atoms with van der Waals surface area (Å²) in [6.45, 7) is 13.6. The Morgan fingerprint density at radius 1 is 1.04 bits per heavy atom. The fourth-order valence-corrected chi connectivity index (χ4v) is 3.53. The van der Waals surface area contributed by atoms with E-state index in [-0.39, 0.29) is 0 Å². The molecule has 0 bridgehead atoms. The van der Waals surface area contributed by atoms with Gasteiger partial charge in [0.2, 0.25) is 0 Å². The fraction of sp³-hybridized carbons (Fsp3) is 0.667. The van der Waals surface area contributed by atoms with Gasteiger partial charge in [-0.1, -0.05) is 96.2 Å². The lowest BCUT2D eigenvalue weighted by molar-refractivity contribution is 0.436. The second-order valence-electron chi connectivity index (χ2n) is 7.79. The van der Waals surface area contributed by atoms with Gasteiger partial charge in [-0.15, -0.1) is 0 Å². The van der Waals surface area contributed by atoms with Gasteiger partial charge in [0.1, 0.15) is 0 Å². The first-order valence-corrected chi connectivity index (χ1v) is 10.3. The number of rotatable bonds is 6. The minimum absolute atomic E-state index is 0.653. The molecule has 3 atom stereocenters. The maximum atomic E-state index is 2.48. The first kappa shape index (κ1) is 21.0. The van der Waals surface area contributed by atoms with Gasteiger partial charge < -0.3 is 0 Å². The van der Waals surface area contributed by atoms with Crippen LogP contribution < -0.4 is 0 Å². The van der Waals surface area contributed by atoms with Crippen LogP contribution in [0, 0.1) is 5.92 Å². The second kappa shape index (κ2) is 11.5. The van der Waals surface area contributed by atoms with Crippen LogP contribution in [0.3, 0.4) is 0 Å². The van der Waals surface area contributed by atoms with Crippen molar-refractivity contribution in [3.05, 3.63) is 47.0 Å². The molecule has 2 rings (SSSR count). The Morgan fingerprint density at radius 2 is 1.67 bits per heavy atom. The molecule has 0 heterocycles. The Bertz CT molecular complexity index is 465. The molecule has 0 aliphatic heterocycles. The normalized spacial score (nSPS) is 19.8. The molecule has 0 N–H and O–H groups in total. The van der Waals surface area contributed by atoms with E-state index < -0.39 is 0 Å². The maximum absolute atomic E-state index is 2.48. The summed E-state index contributed by atoms with van der Waals surface area (Å²) in [6, 6.07) is 9.50. The van der Waals surface area contributed by atoms with E-state index in [0.29, 0.717) is 11.8 Å². The van der Waals surface area contributed by atoms with Crippen LogP contribution in [0.5, 0.6) is 0 Å². The average molecular weight is 329 g/mol. The van der Waals surface area contributed by atoms with Crippen molar-refractivity contribution in [1.82, 2.24) is 0 Å². The zero-order valence-corrected chi connectivity index (χ0v) is 17.1. The molecule has 0 saturated carbocycles. The van der Waals surface area contributed by atoms with Gasteiger partial charge in [-0.2, -0.15) is 0 Å². The van der Waals surface area contributed by atoms with E-state index in [1.54, 1.807) is 5.57 Å². The molecule has 1 aliphatic carbocycles. The lowest BCUT2D eigenvalue weighted by atomic mass is 9.83. The number of allylic oxidation sites excluding steroid dienone is 2. The predicted molar refractivity (Wildman–Crippen MR) is 110 cm³/mol. The zero-order valence-electron chi connectivity index (χ0n) is 17.1. The fourth-order valence-electron chi connectivity index (χ4n) is 3.53. The number of benzene rings is 1. The third-order valence-electron chi connectivity index (χ3n) is 5.33. The van der Waals surface area contributed by atoms with E-state index in [1.807, 2.05) is 0 Å². The van der Waals surface area contributed by atoms with Crippen LogP contribution in [0.15, 0.2) is 35.9 Å². The smallest absolute Gasteiger partial charge is 0.00206 e. The molecular formula is C24H40. The van der Waals surface area contributed by atoms with Crippen molar-refractivity contribution >= 4 is 0 Å². The number of hydrogen-bond acceptors (Lipinski definition) is 0. The Labute approximate surface area is 151 Å². The van der Waals surface area contributed by atoms with Crippen LogP contribution in [0.1, 0.15) is 109 Å². The van der Waals surface area contributed by atoms with E-state index in [0.717, 1.165) is 5.92 Å². The molecule has 0 nitrogen and oxygen atoms in total. The summed E-state index contributed by atoms with van der Waals surface area (Å²) in [7, 11) is 0. The highest BCUT2D eigenvalue weighted by atomic mass is 14.2. The van der Waals surface area contributed by atoms with Crippen LogP contribution in [-0.2, 0) is 0 Å². The molecule has 24 heavy (non-hydrogen) atoms. The Hall–Kier alpha value is -1.04. The molecule has 1 aromatic carbocycles. The molecule has 0 radical (unpaired) electrons. The molecule has 0 amide bonds. The van der Waals surface area contributed by atoms with Crippen molar-refractivity contribution in [3.63, 3.8) is 0 Å². The van der Waals surface area contributed by atoms with E-state index in [2.05, 4.69) is 71.9 Å². The first-order valence-electron chi connectivity index (χ1n) is 10.3. The second-order valence-corrected chi connectivity index (χ2v) is 7.79. The van der Waals surface area contributed by atoms with Crippen LogP contribution in [-0.4, -0.2) is 0 Å². The highest BCUT2D eigenvalue weighted by Gasteiger charge is 2.16. The van der Waals surface area contributed by atoms with Gasteiger partial charge in [0.15, 0.2) is 0 Å². The lowest BCUT2D eigenvalue weighted by Crippen LogP contribution is -2.07. The van der Waals surface area contributed by atoms with E-state index in [4.69, 9.17) is 0 Å². The molecule has 0 heteroatoms. The molecule has 0 spiro atoms. The van der Waals surface area contributed by atoms with E-state index in [1.165, 1.54) is 56.1 Å². The van der Waals surface area contributed by atoms with Crippen molar-refractivity contribution in [3.8, 4) is 0 Å². The molecule has 0 saturated heterocycles. The third-order valence-corrected chi connectivity index (χ3v) is 5.33. The van der Waals surface area contributed by atoms with Gasteiger partial charge >= 0.3 is 0 Å². The molecular weight excluding hydrogens is 288 g/mol. The summed E-state index contributed by atoms with van der Waals surface area (Å²) in [4.78, 5) is 0. The zero-order chi connectivity index (χ0) is 17.9. The predicted octanol–water partition coefficient (Wildman–Crippen LogP) is 8.25. The summed E-state index contributed by atoms with van der Waals surface area (Å²) in [5, 5.41) is 0. The van der Waals surface area contributed by atoms with Crippen molar-refractivity contribution in [2.75, 3.05) is 0 Å². The first-order chi connectivity index (χ1) is 11.5. The highest BCUT2D eigenvalue weighted by Crippen LogP contribution is 2.33. The maximum Gasteiger partial charge on any atom is 0.00206 e. The molecule has 1 aliphatic rings. The van der Waals surface area contributed by atoms with Gasteiger partial charge in [0, 0.05) is 5.92 Å². The quantitative estimate of drug-likeness (QED) is 0.461. The topological polar surface area (TPSA) is 0 Å². The summed E-state index contributed by atoms with van der Waals surface area (Å²) >= 11 is 0. The highest BCUT2D eigenvalue weighted by molar-refractivity contribution is 5.31. The Kier molecular flexibility index (Phi) is 10.1. The molecule has 3 unspecified atom stereocenters. The Morgan fingerprint density at radius 3 is 2.21 bits per heavy atom. The summed E-state index contributed by atoms with van der Waals surface area (Å²) in [5.41, 5.74) is 4.59. The van der Waals surface area contributed by atoms with Crippen molar-refractivity contribution < 1.29 is 0 Å². The van der Waals surface area contributed by atoms with Crippen LogP contribution in [0.4, 0.5) is 0 Å². The molecule has 0 aromatic heterocycles. The lowest BCUT2D eigenvalue weighted by Gasteiger charge is -2.23. The molecule has 0 fully saturated rings. The van der Waals surface area contributed by atoms with Crippen LogP contribution >= 0.6 is 0 Å². The largest absolute Gasteiger partial charge is 0.0781 e. The molecule has 136 valence electrons. The summed E-state index contributed by atoms with van der Waals surface area (Å²) < 4.78 is 0. The SMILES string of the molecule is CCC.CCCCC(C)C(C)c1ccc(C2C=C(C)CCC2)cc1. The van der Waals surface area contributed by atoms with E-state index in [9.17, 15) is 0 Å². The number of hydrogen-bond donors (Lipinski definition) is 0. The van der Waals surface area contributed by atoms with Crippen molar-refractivity contribution in [2.45, 2.75) is 98.3 Å². The van der Waals surface area contributed by atoms with Crippen molar-refractivity contribution in [1.29, 1.82) is 0 Å². The van der Waals surface area contributed by atoms with Crippen molar-refractivity contribution in [2.24, 2.45) is 5.92 Å². The standard InChI is InChI=1S/C21H32.C3H8/c1-5-6-9-17(3)18(4)19-11-13-20(14-12-19)21-10-7-8-16(2)15-21;1-3-2/h11-15,17-18,21H,5-10H2,1-4H3;3H2,1-2H3. The minimum Gasteiger partial charge on any atom is -0.0781 e. The van der Waals surface area contributed by atoms with Gasteiger partial charge in [-0.25, -0.2) is 0 Å². The molecule has 1 aromatic rings. The number of unbranched alkanes of at least 4 members (excludes halogenated alkanes) is 1. The average Bonchev–Trinajstić information content (AvgIpc) is 2.60.